The summed E-state index contributed by atoms with van der Waals surface area (Å²) in [6, 6.07) is 6.72. The molecule has 0 aliphatic rings. The molecule has 0 bridgehead atoms. The predicted octanol–water partition coefficient (Wildman–Crippen LogP) is 3.06. The summed E-state index contributed by atoms with van der Waals surface area (Å²) in [6.45, 7) is 6.34. The van der Waals surface area contributed by atoms with Crippen LogP contribution in [0.2, 0.25) is 0 Å². The lowest BCUT2D eigenvalue weighted by Crippen LogP contribution is -2.41. The Labute approximate surface area is 138 Å². The van der Waals surface area contributed by atoms with Gasteiger partial charge in [-0.1, -0.05) is 32.9 Å². The number of carbonyl (C=O) groups excluding carboxylic acids is 2. The largest absolute Gasteiger partial charge is 0.467 e. The van der Waals surface area contributed by atoms with Crippen LogP contribution in [0.25, 0.3) is 0 Å². The van der Waals surface area contributed by atoms with Crippen molar-refractivity contribution in [3.8, 4) is 12.3 Å². The van der Waals surface area contributed by atoms with Crippen molar-refractivity contribution in [2.75, 3.05) is 7.11 Å². The Morgan fingerprint density at radius 3 is 2.35 bits per heavy atom. The molecule has 0 aromatic heterocycles. The molecule has 0 unspecified atom stereocenters. The van der Waals surface area contributed by atoms with E-state index in [1.807, 2.05) is 12.1 Å². The first-order valence-corrected chi connectivity index (χ1v) is 7.72. The van der Waals surface area contributed by atoms with Crippen molar-refractivity contribution in [2.45, 2.75) is 51.5 Å². The molecule has 0 saturated heterocycles. The Bertz CT molecular complexity index is 576. The van der Waals surface area contributed by atoms with Crippen molar-refractivity contribution in [3.63, 3.8) is 0 Å². The molecule has 1 atom stereocenters. The molecule has 1 rings (SSSR count). The maximum atomic E-state index is 12.3. The van der Waals surface area contributed by atoms with E-state index in [1.165, 1.54) is 7.11 Å². The van der Waals surface area contributed by atoms with Crippen molar-refractivity contribution in [3.05, 3.63) is 35.4 Å². The van der Waals surface area contributed by atoms with E-state index in [9.17, 15) is 9.59 Å². The number of terminal acetylenes is 1. The van der Waals surface area contributed by atoms with Gasteiger partial charge in [0.05, 0.1) is 7.11 Å². The monoisotopic (exact) mass is 315 g/mol. The van der Waals surface area contributed by atoms with Crippen LogP contribution in [-0.2, 0) is 14.9 Å². The smallest absolute Gasteiger partial charge is 0.328 e. The third kappa shape index (κ3) is 5.78. The van der Waals surface area contributed by atoms with Gasteiger partial charge in [-0.05, 0) is 36.0 Å². The van der Waals surface area contributed by atoms with E-state index in [-0.39, 0.29) is 11.3 Å². The molecule has 0 aliphatic heterocycles. The fraction of sp³-hybridized carbons (Fsp3) is 0.474. The van der Waals surface area contributed by atoms with E-state index >= 15 is 0 Å². The molecule has 0 saturated carbocycles. The summed E-state index contributed by atoms with van der Waals surface area (Å²) in [6.07, 6.45) is 6.88. The summed E-state index contributed by atoms with van der Waals surface area (Å²) in [7, 11) is 1.31. The van der Waals surface area contributed by atoms with Crippen LogP contribution in [0.15, 0.2) is 24.3 Å². The molecule has 1 N–H and O–H groups in total. The summed E-state index contributed by atoms with van der Waals surface area (Å²) in [5.74, 6) is 1.77. The third-order valence-corrected chi connectivity index (χ3v) is 3.62. The number of benzene rings is 1. The van der Waals surface area contributed by atoms with Gasteiger partial charge in [0.2, 0.25) is 0 Å². The van der Waals surface area contributed by atoms with E-state index in [1.54, 1.807) is 12.1 Å². The quantitative estimate of drug-likeness (QED) is 0.499. The zero-order chi connectivity index (χ0) is 17.5. The molecule has 0 fully saturated rings. The van der Waals surface area contributed by atoms with Crippen LogP contribution in [-0.4, -0.2) is 25.0 Å². The highest BCUT2D eigenvalue weighted by Gasteiger charge is 2.22. The molecular weight excluding hydrogens is 290 g/mol. The van der Waals surface area contributed by atoms with Gasteiger partial charge in [-0.25, -0.2) is 4.79 Å². The van der Waals surface area contributed by atoms with Crippen molar-refractivity contribution in [1.29, 1.82) is 0 Å². The van der Waals surface area contributed by atoms with Crippen LogP contribution in [0.3, 0.4) is 0 Å². The van der Waals surface area contributed by atoms with Gasteiger partial charge in [0, 0.05) is 12.0 Å². The zero-order valence-corrected chi connectivity index (χ0v) is 14.3. The number of ether oxygens (including phenoxy) is 1. The lowest BCUT2D eigenvalue weighted by Gasteiger charge is -2.19. The minimum atomic E-state index is -0.678. The normalized spacial score (nSPS) is 12.1. The molecule has 0 spiro atoms. The average Bonchev–Trinajstić information content (AvgIpc) is 2.52. The summed E-state index contributed by atoms with van der Waals surface area (Å²) >= 11 is 0. The van der Waals surface area contributed by atoms with Crippen molar-refractivity contribution in [1.82, 2.24) is 5.32 Å². The number of rotatable bonds is 6. The van der Waals surface area contributed by atoms with Crippen molar-refractivity contribution >= 4 is 11.9 Å². The van der Waals surface area contributed by atoms with E-state index in [2.05, 4.69) is 32.0 Å². The minimum Gasteiger partial charge on any atom is -0.467 e. The van der Waals surface area contributed by atoms with Crippen LogP contribution < -0.4 is 5.32 Å². The summed E-state index contributed by atoms with van der Waals surface area (Å²) in [5.41, 5.74) is 1.69. The Morgan fingerprint density at radius 1 is 1.26 bits per heavy atom. The Morgan fingerprint density at radius 2 is 1.87 bits per heavy atom. The van der Waals surface area contributed by atoms with Gasteiger partial charge < -0.3 is 10.1 Å². The van der Waals surface area contributed by atoms with E-state index in [0.717, 1.165) is 5.56 Å². The number of amides is 1. The Hall–Kier alpha value is -2.28. The maximum absolute atomic E-state index is 12.3. The molecule has 4 heteroatoms. The summed E-state index contributed by atoms with van der Waals surface area (Å²) < 4.78 is 4.74. The van der Waals surface area contributed by atoms with Crippen LogP contribution in [0.1, 0.15) is 56.0 Å². The molecule has 23 heavy (non-hydrogen) atoms. The van der Waals surface area contributed by atoms with Gasteiger partial charge in [-0.2, -0.15) is 0 Å². The number of nitrogens with one attached hydrogen (secondary N) is 1. The second-order valence-electron chi connectivity index (χ2n) is 6.47. The fourth-order valence-corrected chi connectivity index (χ4v) is 2.16. The van der Waals surface area contributed by atoms with E-state index < -0.39 is 12.0 Å². The molecule has 0 radical (unpaired) electrons. The van der Waals surface area contributed by atoms with E-state index in [4.69, 9.17) is 11.2 Å². The average molecular weight is 315 g/mol. The second-order valence-corrected chi connectivity index (χ2v) is 6.47. The first-order valence-electron chi connectivity index (χ1n) is 7.72. The van der Waals surface area contributed by atoms with Gasteiger partial charge in [0.1, 0.15) is 6.04 Å². The van der Waals surface area contributed by atoms with Crippen molar-refractivity contribution in [2.24, 2.45) is 0 Å². The van der Waals surface area contributed by atoms with Crippen LogP contribution >= 0.6 is 0 Å². The number of hydrogen-bond donors (Lipinski definition) is 1. The zero-order valence-electron chi connectivity index (χ0n) is 14.3. The molecule has 124 valence electrons. The molecular formula is C19H25NO3. The minimum absolute atomic E-state index is 0.0266. The number of esters is 1. The summed E-state index contributed by atoms with van der Waals surface area (Å²) in [5, 5.41) is 2.72. The SMILES string of the molecule is C#CCCC[C@@H](NC(=O)c1ccc(C(C)(C)C)cc1)C(=O)OC. The van der Waals surface area contributed by atoms with Gasteiger partial charge in [0.15, 0.2) is 0 Å². The Balaban J connectivity index is 2.78. The highest BCUT2D eigenvalue weighted by atomic mass is 16.5. The van der Waals surface area contributed by atoms with E-state index in [0.29, 0.717) is 24.8 Å². The first-order chi connectivity index (χ1) is 10.8. The van der Waals surface area contributed by atoms with Crippen molar-refractivity contribution < 1.29 is 14.3 Å². The maximum Gasteiger partial charge on any atom is 0.328 e. The first kappa shape index (κ1) is 18.8. The molecule has 0 aliphatic carbocycles. The lowest BCUT2D eigenvalue weighted by molar-refractivity contribution is -0.143. The number of hydrogen-bond acceptors (Lipinski definition) is 3. The standard InChI is InChI=1S/C19H25NO3/c1-6-7-8-9-16(18(22)23-5)20-17(21)14-10-12-15(13-11-14)19(2,3)4/h1,10-13,16H,7-9H2,2-5H3,(H,20,21)/t16-/m1/s1. The second kappa shape index (κ2) is 8.38. The summed E-state index contributed by atoms with van der Waals surface area (Å²) in [4.78, 5) is 24.1. The van der Waals surface area contributed by atoms with Crippen LogP contribution in [0.5, 0.6) is 0 Å². The van der Waals surface area contributed by atoms with Gasteiger partial charge >= 0.3 is 5.97 Å². The van der Waals surface area contributed by atoms with Crippen LogP contribution in [0, 0.1) is 12.3 Å². The molecule has 1 aromatic rings. The fourth-order valence-electron chi connectivity index (χ4n) is 2.16. The third-order valence-electron chi connectivity index (χ3n) is 3.62. The van der Waals surface area contributed by atoms with Gasteiger partial charge in [-0.3, -0.25) is 4.79 Å². The highest BCUT2D eigenvalue weighted by Crippen LogP contribution is 2.22. The molecule has 1 aromatic carbocycles. The lowest BCUT2D eigenvalue weighted by atomic mass is 9.86. The van der Waals surface area contributed by atoms with Gasteiger partial charge in [0.25, 0.3) is 5.91 Å². The number of carbonyl (C=O) groups is 2. The molecule has 1 amide bonds. The van der Waals surface area contributed by atoms with Gasteiger partial charge in [-0.15, -0.1) is 12.3 Å². The topological polar surface area (TPSA) is 55.4 Å². The Kier molecular flexibility index (Phi) is 6.84. The number of unbranched alkanes of at least 4 members (excludes halogenated alkanes) is 1. The highest BCUT2D eigenvalue weighted by molar-refractivity contribution is 5.96. The predicted molar refractivity (Wildman–Crippen MR) is 91.1 cm³/mol. The molecule has 4 nitrogen and oxygen atoms in total. The molecule has 0 heterocycles. The van der Waals surface area contributed by atoms with Crippen LogP contribution in [0.4, 0.5) is 0 Å². The number of methoxy groups -OCH3 is 1.